The van der Waals surface area contributed by atoms with E-state index in [1.165, 1.54) is 7.05 Å². The summed E-state index contributed by atoms with van der Waals surface area (Å²) in [5.74, 6) is -0.103. The molecule has 0 bridgehead atoms. The molecule has 1 rings (SSSR count). The maximum Gasteiger partial charge on any atom is 0.288 e. The second-order valence-electron chi connectivity index (χ2n) is 2.12. The Balaban J connectivity index is 2.84. The minimum Gasteiger partial charge on any atom is -0.386 e. The number of nitrogens with zero attached hydrogens (tertiary/aromatic N) is 2. The summed E-state index contributed by atoms with van der Waals surface area (Å²) in [5.41, 5.74) is 0.780. The van der Waals surface area contributed by atoms with Crippen molar-refractivity contribution in [1.82, 2.24) is 15.3 Å². The summed E-state index contributed by atoms with van der Waals surface area (Å²) < 4.78 is 0. The van der Waals surface area contributed by atoms with Crippen molar-refractivity contribution in [2.24, 2.45) is 0 Å². The van der Waals surface area contributed by atoms with Gasteiger partial charge in [0.25, 0.3) is 5.91 Å². The third-order valence-corrected chi connectivity index (χ3v) is 1.37. The number of anilines is 1. The van der Waals surface area contributed by atoms with Gasteiger partial charge in [0.2, 0.25) is 5.82 Å². The van der Waals surface area contributed by atoms with Crippen LogP contribution in [0, 0.1) is 0 Å². The Bertz CT molecular complexity index is 269. The van der Waals surface area contributed by atoms with Crippen LogP contribution in [0.15, 0.2) is 12.4 Å². The molecule has 12 heavy (non-hydrogen) atoms. The Hall–Kier alpha value is -1.65. The molecule has 64 valence electrons. The zero-order valence-corrected chi connectivity index (χ0v) is 6.96. The molecule has 0 aliphatic heterocycles. The van der Waals surface area contributed by atoms with E-state index >= 15 is 0 Å². The Morgan fingerprint density at radius 1 is 1.33 bits per heavy atom. The highest BCUT2D eigenvalue weighted by molar-refractivity contribution is 5.90. The summed E-state index contributed by atoms with van der Waals surface area (Å²) in [4.78, 5) is 18.6. The molecule has 0 saturated heterocycles. The summed E-state index contributed by atoms with van der Waals surface area (Å²) in [6.07, 6.45) is 3.11. The summed E-state index contributed by atoms with van der Waals surface area (Å²) >= 11 is 0. The molecule has 5 nitrogen and oxygen atoms in total. The molecule has 2 N–H and O–H groups in total. The molecule has 0 radical (unpaired) electrons. The van der Waals surface area contributed by atoms with Crippen LogP contribution >= 0.6 is 0 Å². The van der Waals surface area contributed by atoms with Gasteiger partial charge < -0.3 is 10.6 Å². The Morgan fingerprint density at radius 3 is 2.33 bits per heavy atom. The van der Waals surface area contributed by atoms with Gasteiger partial charge in [0, 0.05) is 14.1 Å². The monoisotopic (exact) mass is 166 g/mol. The molecular formula is C7H10N4O. The molecule has 1 aromatic rings. The average molecular weight is 166 g/mol. The molecule has 1 aromatic heterocycles. The van der Waals surface area contributed by atoms with Crippen LogP contribution in [0.4, 0.5) is 5.69 Å². The maximum absolute atomic E-state index is 11.0. The van der Waals surface area contributed by atoms with Crippen molar-refractivity contribution in [2.75, 3.05) is 19.4 Å². The van der Waals surface area contributed by atoms with E-state index in [1.54, 1.807) is 19.4 Å². The number of amides is 1. The van der Waals surface area contributed by atoms with E-state index in [-0.39, 0.29) is 11.7 Å². The fourth-order valence-corrected chi connectivity index (χ4v) is 0.686. The zero-order chi connectivity index (χ0) is 8.97. The van der Waals surface area contributed by atoms with Crippen molar-refractivity contribution < 1.29 is 4.79 Å². The first-order chi connectivity index (χ1) is 5.77. The quantitative estimate of drug-likeness (QED) is 0.642. The summed E-state index contributed by atoms with van der Waals surface area (Å²) in [7, 11) is 3.30. The number of hydrogen-bond donors (Lipinski definition) is 2. The van der Waals surface area contributed by atoms with Gasteiger partial charge in [-0.25, -0.2) is 9.97 Å². The molecule has 0 fully saturated rings. The molecule has 1 heterocycles. The van der Waals surface area contributed by atoms with Crippen LogP contribution in [0.25, 0.3) is 0 Å². The molecule has 0 saturated carbocycles. The van der Waals surface area contributed by atoms with Gasteiger partial charge in [0.1, 0.15) is 0 Å². The highest BCUT2D eigenvalue weighted by Gasteiger charge is 2.04. The van der Waals surface area contributed by atoms with Gasteiger partial charge >= 0.3 is 0 Å². The third-order valence-electron chi connectivity index (χ3n) is 1.37. The van der Waals surface area contributed by atoms with E-state index in [4.69, 9.17) is 0 Å². The van der Waals surface area contributed by atoms with Gasteiger partial charge in [-0.2, -0.15) is 0 Å². The third kappa shape index (κ3) is 1.69. The van der Waals surface area contributed by atoms with E-state index in [2.05, 4.69) is 20.6 Å². The molecule has 0 aliphatic rings. The number of rotatable bonds is 2. The number of aromatic nitrogens is 2. The van der Waals surface area contributed by atoms with Gasteiger partial charge in [-0.3, -0.25) is 4.79 Å². The Kier molecular flexibility index (Phi) is 2.57. The Labute approximate surface area is 70.2 Å². The van der Waals surface area contributed by atoms with Gasteiger partial charge in [0.15, 0.2) is 0 Å². The van der Waals surface area contributed by atoms with Gasteiger partial charge in [-0.1, -0.05) is 0 Å². The SMILES string of the molecule is CNC(=O)c1ncc(NC)cn1. The lowest BCUT2D eigenvalue weighted by atomic mass is 10.5. The largest absolute Gasteiger partial charge is 0.386 e. The first kappa shape index (κ1) is 8.45. The Morgan fingerprint density at radius 2 is 1.92 bits per heavy atom. The maximum atomic E-state index is 11.0. The molecular weight excluding hydrogens is 156 g/mol. The molecule has 0 aliphatic carbocycles. The highest BCUT2D eigenvalue weighted by atomic mass is 16.2. The fourth-order valence-electron chi connectivity index (χ4n) is 0.686. The molecule has 0 aromatic carbocycles. The predicted molar refractivity (Wildman–Crippen MR) is 45.0 cm³/mol. The normalized spacial score (nSPS) is 9.17. The first-order valence-electron chi connectivity index (χ1n) is 3.50. The summed E-state index contributed by atoms with van der Waals surface area (Å²) in [5, 5.41) is 5.29. The van der Waals surface area contributed by atoms with Crippen LogP contribution in [-0.4, -0.2) is 30.0 Å². The van der Waals surface area contributed by atoms with Crippen LogP contribution in [-0.2, 0) is 0 Å². The number of carbonyl (C=O) groups is 1. The second kappa shape index (κ2) is 3.66. The molecule has 5 heteroatoms. The van der Waals surface area contributed by atoms with Crippen molar-refractivity contribution in [2.45, 2.75) is 0 Å². The standard InChI is InChI=1S/C7H10N4O/c1-8-5-3-10-6(11-4-5)7(12)9-2/h3-4,8H,1-2H3,(H,9,12). The van der Waals surface area contributed by atoms with Crippen LogP contribution in [0.3, 0.4) is 0 Å². The number of hydrogen-bond acceptors (Lipinski definition) is 4. The van der Waals surface area contributed by atoms with Crippen molar-refractivity contribution in [3.63, 3.8) is 0 Å². The minimum atomic E-state index is -0.280. The lowest BCUT2D eigenvalue weighted by Crippen LogP contribution is -2.20. The van der Waals surface area contributed by atoms with Gasteiger partial charge in [-0.15, -0.1) is 0 Å². The van der Waals surface area contributed by atoms with Crippen molar-refractivity contribution in [3.8, 4) is 0 Å². The molecule has 0 atom stereocenters. The summed E-state index contributed by atoms with van der Waals surface area (Å²) in [6, 6.07) is 0. The molecule has 0 spiro atoms. The first-order valence-corrected chi connectivity index (χ1v) is 3.50. The smallest absolute Gasteiger partial charge is 0.288 e. The van der Waals surface area contributed by atoms with Gasteiger partial charge in [0.05, 0.1) is 18.1 Å². The zero-order valence-electron chi connectivity index (χ0n) is 6.96. The molecule has 0 unspecified atom stereocenters. The number of nitrogens with one attached hydrogen (secondary N) is 2. The minimum absolute atomic E-state index is 0.177. The van der Waals surface area contributed by atoms with Crippen LogP contribution < -0.4 is 10.6 Å². The molecule has 1 amide bonds. The van der Waals surface area contributed by atoms with Crippen molar-refractivity contribution >= 4 is 11.6 Å². The lowest BCUT2D eigenvalue weighted by molar-refractivity contribution is 0.0953. The van der Waals surface area contributed by atoms with Crippen molar-refractivity contribution in [1.29, 1.82) is 0 Å². The average Bonchev–Trinajstić information content (AvgIpc) is 2.17. The van der Waals surface area contributed by atoms with E-state index < -0.39 is 0 Å². The lowest BCUT2D eigenvalue weighted by Gasteiger charge is -1.99. The number of carbonyl (C=O) groups excluding carboxylic acids is 1. The highest BCUT2D eigenvalue weighted by Crippen LogP contribution is 2.00. The second-order valence-corrected chi connectivity index (χ2v) is 2.12. The van der Waals surface area contributed by atoms with E-state index in [1.807, 2.05) is 0 Å². The van der Waals surface area contributed by atoms with Gasteiger partial charge in [-0.05, 0) is 0 Å². The predicted octanol–water partition coefficient (Wildman–Crippen LogP) is -0.122. The topological polar surface area (TPSA) is 66.9 Å². The van der Waals surface area contributed by atoms with Crippen LogP contribution in [0.1, 0.15) is 10.6 Å². The fraction of sp³-hybridized carbons (Fsp3) is 0.286. The van der Waals surface area contributed by atoms with Crippen LogP contribution in [0.5, 0.6) is 0 Å². The van der Waals surface area contributed by atoms with E-state index in [0.717, 1.165) is 5.69 Å². The van der Waals surface area contributed by atoms with Crippen molar-refractivity contribution in [3.05, 3.63) is 18.2 Å². The van der Waals surface area contributed by atoms with E-state index in [0.29, 0.717) is 0 Å². The van der Waals surface area contributed by atoms with E-state index in [9.17, 15) is 4.79 Å². The summed E-state index contributed by atoms with van der Waals surface area (Å²) in [6.45, 7) is 0. The van der Waals surface area contributed by atoms with Crippen LogP contribution in [0.2, 0.25) is 0 Å².